The van der Waals surface area contributed by atoms with Crippen LogP contribution in [0, 0.1) is 0 Å². The Bertz CT molecular complexity index is 245. The smallest absolute Gasteiger partial charge is 0.320 e. The highest BCUT2D eigenvalue weighted by atomic mass is 16.4. The van der Waals surface area contributed by atoms with Crippen molar-refractivity contribution in [2.24, 2.45) is 0 Å². The first kappa shape index (κ1) is 18.4. The fraction of sp³-hybridized carbons (Fsp3) is 0.929. The molecule has 0 radical (unpaired) electrons. The van der Waals surface area contributed by atoms with Crippen molar-refractivity contribution in [3.05, 3.63) is 0 Å². The Morgan fingerprint density at radius 1 is 1.21 bits per heavy atom. The quantitative estimate of drug-likeness (QED) is 0.590. The lowest BCUT2D eigenvalue weighted by Gasteiger charge is -2.24. The maximum absolute atomic E-state index is 11.2. The molecule has 0 heterocycles. The SMILES string of the molecule is CCN(CCCN(C)C)CCC(NC(C)C)C(=O)O. The van der Waals surface area contributed by atoms with E-state index < -0.39 is 12.0 Å². The van der Waals surface area contributed by atoms with Crippen molar-refractivity contribution >= 4 is 5.97 Å². The Balaban J connectivity index is 4.04. The highest BCUT2D eigenvalue weighted by Crippen LogP contribution is 2.00. The number of hydrogen-bond donors (Lipinski definition) is 2. The second kappa shape index (κ2) is 10.2. The Kier molecular flexibility index (Phi) is 9.83. The average Bonchev–Trinajstić information content (AvgIpc) is 2.30. The lowest BCUT2D eigenvalue weighted by molar-refractivity contribution is -0.140. The van der Waals surface area contributed by atoms with Crippen LogP contribution >= 0.6 is 0 Å². The van der Waals surface area contributed by atoms with Gasteiger partial charge in [-0.2, -0.15) is 0 Å². The number of carboxylic acid groups (broad SMARTS) is 1. The Morgan fingerprint density at radius 3 is 2.26 bits per heavy atom. The normalized spacial score (nSPS) is 13.5. The van der Waals surface area contributed by atoms with Crippen molar-refractivity contribution in [1.29, 1.82) is 0 Å². The molecule has 0 saturated heterocycles. The molecule has 0 aromatic heterocycles. The maximum atomic E-state index is 11.2. The molecule has 0 rings (SSSR count). The van der Waals surface area contributed by atoms with Gasteiger partial charge in [0.2, 0.25) is 0 Å². The minimum absolute atomic E-state index is 0.199. The standard InChI is InChI=1S/C14H31N3O2/c1-6-17(10-7-9-16(4)5)11-8-13(14(18)19)15-12(2)3/h12-13,15H,6-11H2,1-5H3,(H,18,19). The van der Waals surface area contributed by atoms with E-state index in [4.69, 9.17) is 5.11 Å². The number of nitrogens with one attached hydrogen (secondary N) is 1. The summed E-state index contributed by atoms with van der Waals surface area (Å²) in [6, 6.07) is -0.243. The van der Waals surface area contributed by atoms with Gasteiger partial charge in [0.05, 0.1) is 0 Å². The van der Waals surface area contributed by atoms with Crippen molar-refractivity contribution in [1.82, 2.24) is 15.1 Å². The third kappa shape index (κ3) is 9.87. The topological polar surface area (TPSA) is 55.8 Å². The number of hydrogen-bond acceptors (Lipinski definition) is 4. The molecule has 0 saturated carbocycles. The van der Waals surface area contributed by atoms with Crippen LogP contribution in [0.15, 0.2) is 0 Å². The number of aliphatic carboxylic acids is 1. The monoisotopic (exact) mass is 273 g/mol. The molecule has 0 spiro atoms. The number of carbonyl (C=O) groups is 1. The van der Waals surface area contributed by atoms with Crippen molar-refractivity contribution in [2.75, 3.05) is 40.3 Å². The van der Waals surface area contributed by atoms with Crippen molar-refractivity contribution in [2.45, 2.75) is 45.7 Å². The predicted octanol–water partition coefficient (Wildman–Crippen LogP) is 1.10. The van der Waals surface area contributed by atoms with E-state index in [1.54, 1.807) is 0 Å². The maximum Gasteiger partial charge on any atom is 0.320 e. The van der Waals surface area contributed by atoms with Crippen LogP contribution in [-0.2, 0) is 4.79 Å². The van der Waals surface area contributed by atoms with Crippen LogP contribution in [0.1, 0.15) is 33.6 Å². The summed E-state index contributed by atoms with van der Waals surface area (Å²) < 4.78 is 0. The first-order valence-corrected chi connectivity index (χ1v) is 7.22. The van der Waals surface area contributed by atoms with Crippen LogP contribution in [-0.4, -0.2) is 73.2 Å². The van der Waals surface area contributed by atoms with E-state index in [1.165, 1.54) is 0 Å². The van der Waals surface area contributed by atoms with E-state index in [0.29, 0.717) is 6.42 Å². The summed E-state index contributed by atoms with van der Waals surface area (Å²) in [4.78, 5) is 15.6. The minimum atomic E-state index is -0.752. The molecule has 0 aromatic rings. The summed E-state index contributed by atoms with van der Waals surface area (Å²) in [5, 5.41) is 12.3. The first-order valence-electron chi connectivity index (χ1n) is 7.22. The van der Waals surface area contributed by atoms with Crippen LogP contribution < -0.4 is 5.32 Å². The lowest BCUT2D eigenvalue weighted by Crippen LogP contribution is -2.43. The average molecular weight is 273 g/mol. The van der Waals surface area contributed by atoms with Gasteiger partial charge in [-0.15, -0.1) is 0 Å². The number of nitrogens with zero attached hydrogens (tertiary/aromatic N) is 2. The fourth-order valence-corrected chi connectivity index (χ4v) is 2.03. The molecule has 5 nitrogen and oxygen atoms in total. The molecule has 0 aliphatic carbocycles. The van der Waals surface area contributed by atoms with Gasteiger partial charge < -0.3 is 20.2 Å². The van der Waals surface area contributed by atoms with Crippen molar-refractivity contribution in [3.8, 4) is 0 Å². The van der Waals surface area contributed by atoms with E-state index >= 15 is 0 Å². The lowest BCUT2D eigenvalue weighted by atomic mass is 10.1. The van der Waals surface area contributed by atoms with Crippen LogP contribution in [0.3, 0.4) is 0 Å². The molecule has 0 amide bonds. The van der Waals surface area contributed by atoms with Crippen molar-refractivity contribution < 1.29 is 9.90 Å². The minimum Gasteiger partial charge on any atom is -0.480 e. The van der Waals surface area contributed by atoms with Crippen LogP contribution in [0.5, 0.6) is 0 Å². The Hall–Kier alpha value is -0.650. The Morgan fingerprint density at radius 2 is 1.84 bits per heavy atom. The molecule has 114 valence electrons. The van der Waals surface area contributed by atoms with Gasteiger partial charge in [-0.05, 0) is 46.6 Å². The van der Waals surface area contributed by atoms with Gasteiger partial charge in [0.15, 0.2) is 0 Å². The third-order valence-corrected chi connectivity index (χ3v) is 3.09. The van der Waals surface area contributed by atoms with Gasteiger partial charge in [0, 0.05) is 12.6 Å². The van der Waals surface area contributed by atoms with Crippen molar-refractivity contribution in [3.63, 3.8) is 0 Å². The van der Waals surface area contributed by atoms with Gasteiger partial charge in [-0.1, -0.05) is 20.8 Å². The molecule has 19 heavy (non-hydrogen) atoms. The van der Waals surface area contributed by atoms with E-state index in [1.807, 2.05) is 13.8 Å². The third-order valence-electron chi connectivity index (χ3n) is 3.09. The molecule has 1 atom stereocenters. The summed E-state index contributed by atoms with van der Waals surface area (Å²) in [5.74, 6) is -0.752. The molecule has 0 fully saturated rings. The van der Waals surface area contributed by atoms with Gasteiger partial charge in [0.25, 0.3) is 0 Å². The molecular weight excluding hydrogens is 242 g/mol. The second-order valence-corrected chi connectivity index (χ2v) is 5.59. The molecule has 1 unspecified atom stereocenters. The summed E-state index contributed by atoms with van der Waals surface area (Å²) in [6.07, 6.45) is 1.78. The molecular formula is C14H31N3O2. The first-order chi connectivity index (χ1) is 8.86. The van der Waals surface area contributed by atoms with E-state index in [2.05, 4.69) is 36.1 Å². The zero-order chi connectivity index (χ0) is 14.8. The number of carboxylic acids is 1. The molecule has 0 aromatic carbocycles. The molecule has 2 N–H and O–H groups in total. The van der Waals surface area contributed by atoms with E-state index in [0.717, 1.165) is 32.6 Å². The summed E-state index contributed by atoms with van der Waals surface area (Å²) in [7, 11) is 4.15. The number of rotatable bonds is 11. The Labute approximate surface area is 118 Å². The zero-order valence-corrected chi connectivity index (χ0v) is 13.1. The molecule has 5 heteroatoms. The van der Waals surface area contributed by atoms with E-state index in [-0.39, 0.29) is 6.04 Å². The molecule has 0 aliphatic heterocycles. The predicted molar refractivity (Wildman–Crippen MR) is 79.6 cm³/mol. The highest BCUT2D eigenvalue weighted by Gasteiger charge is 2.18. The second-order valence-electron chi connectivity index (χ2n) is 5.59. The molecule has 0 bridgehead atoms. The van der Waals surface area contributed by atoms with Crippen LogP contribution in [0.4, 0.5) is 0 Å². The zero-order valence-electron chi connectivity index (χ0n) is 13.1. The van der Waals surface area contributed by atoms with Gasteiger partial charge >= 0.3 is 5.97 Å². The summed E-state index contributed by atoms with van der Waals surface area (Å²) >= 11 is 0. The van der Waals surface area contributed by atoms with Gasteiger partial charge in [-0.3, -0.25) is 4.79 Å². The van der Waals surface area contributed by atoms with E-state index in [9.17, 15) is 4.79 Å². The fourth-order valence-electron chi connectivity index (χ4n) is 2.03. The summed E-state index contributed by atoms with van der Waals surface area (Å²) in [5.41, 5.74) is 0. The highest BCUT2D eigenvalue weighted by molar-refractivity contribution is 5.73. The van der Waals surface area contributed by atoms with Crippen LogP contribution in [0.25, 0.3) is 0 Å². The van der Waals surface area contributed by atoms with Gasteiger partial charge in [-0.25, -0.2) is 0 Å². The summed E-state index contributed by atoms with van der Waals surface area (Å²) in [6.45, 7) is 9.99. The van der Waals surface area contributed by atoms with Gasteiger partial charge in [0.1, 0.15) is 6.04 Å². The van der Waals surface area contributed by atoms with Crippen LogP contribution in [0.2, 0.25) is 0 Å². The largest absolute Gasteiger partial charge is 0.480 e. The molecule has 0 aliphatic rings.